The van der Waals surface area contributed by atoms with Gasteiger partial charge in [0.05, 0.1) is 0 Å². The first-order chi connectivity index (χ1) is 6.22. The largest absolute Gasteiger partial charge is 0.456 e. The molecule has 0 aliphatic heterocycles. The fourth-order valence-electron chi connectivity index (χ4n) is 0.931. The number of hydrogen-bond acceptors (Lipinski definition) is 3. The smallest absolute Gasteiger partial charge is 0.185 e. The second kappa shape index (κ2) is 4.82. The minimum absolute atomic E-state index is 0.350. The molecule has 13 heavy (non-hydrogen) atoms. The summed E-state index contributed by atoms with van der Waals surface area (Å²) < 4.78 is 10.5. The molecular weight excluding hydrogens is 168 g/mol. The van der Waals surface area contributed by atoms with Crippen LogP contribution in [0.25, 0.3) is 0 Å². The van der Waals surface area contributed by atoms with Crippen molar-refractivity contribution >= 4 is 6.29 Å². The van der Waals surface area contributed by atoms with Crippen molar-refractivity contribution < 1.29 is 13.9 Å². The maximum Gasteiger partial charge on any atom is 0.185 e. The van der Waals surface area contributed by atoms with Gasteiger partial charge >= 0.3 is 0 Å². The van der Waals surface area contributed by atoms with Crippen molar-refractivity contribution in [1.82, 2.24) is 0 Å². The summed E-state index contributed by atoms with van der Waals surface area (Å²) in [5.74, 6) is 1.56. The normalized spacial score (nSPS) is 10.7. The zero-order valence-electron chi connectivity index (χ0n) is 7.95. The molecule has 0 saturated heterocycles. The monoisotopic (exact) mass is 182 g/mol. The van der Waals surface area contributed by atoms with Gasteiger partial charge in [0.2, 0.25) is 0 Å². The number of carbonyl (C=O) groups excluding carboxylic acids is 1. The zero-order valence-corrected chi connectivity index (χ0v) is 7.95. The summed E-state index contributed by atoms with van der Waals surface area (Å²) in [7, 11) is 0. The summed E-state index contributed by atoms with van der Waals surface area (Å²) in [6.45, 7) is 5.31. The summed E-state index contributed by atoms with van der Waals surface area (Å²) in [6, 6.07) is 3.39. The SMILES string of the molecule is CC(C)COCc1ccc(C=O)o1. The van der Waals surface area contributed by atoms with Crippen LogP contribution in [0, 0.1) is 5.92 Å². The van der Waals surface area contributed by atoms with E-state index in [1.54, 1.807) is 12.1 Å². The third-order valence-corrected chi connectivity index (χ3v) is 1.49. The summed E-state index contributed by atoms with van der Waals surface area (Å²) >= 11 is 0. The van der Waals surface area contributed by atoms with Gasteiger partial charge in [-0.25, -0.2) is 0 Å². The highest BCUT2D eigenvalue weighted by Gasteiger charge is 2.01. The molecule has 0 saturated carbocycles. The van der Waals surface area contributed by atoms with Crippen LogP contribution in [0.3, 0.4) is 0 Å². The van der Waals surface area contributed by atoms with Gasteiger partial charge in [-0.3, -0.25) is 4.79 Å². The topological polar surface area (TPSA) is 39.4 Å². The van der Waals surface area contributed by atoms with Crippen LogP contribution in [-0.2, 0) is 11.3 Å². The van der Waals surface area contributed by atoms with Crippen LogP contribution in [0.5, 0.6) is 0 Å². The molecule has 1 aromatic heterocycles. The van der Waals surface area contributed by atoms with E-state index in [2.05, 4.69) is 13.8 Å². The van der Waals surface area contributed by atoms with Crippen molar-refractivity contribution in [1.29, 1.82) is 0 Å². The highest BCUT2D eigenvalue weighted by Crippen LogP contribution is 2.07. The van der Waals surface area contributed by atoms with E-state index in [1.165, 1.54) is 0 Å². The van der Waals surface area contributed by atoms with Crippen molar-refractivity contribution in [2.45, 2.75) is 20.5 Å². The molecule has 3 nitrogen and oxygen atoms in total. The quantitative estimate of drug-likeness (QED) is 0.656. The first kappa shape index (κ1) is 9.99. The van der Waals surface area contributed by atoms with Gasteiger partial charge in [-0.05, 0) is 18.1 Å². The predicted octanol–water partition coefficient (Wildman–Crippen LogP) is 2.26. The van der Waals surface area contributed by atoms with Crippen molar-refractivity contribution in [3.8, 4) is 0 Å². The number of rotatable bonds is 5. The molecule has 0 aromatic carbocycles. The first-order valence-corrected chi connectivity index (χ1v) is 4.34. The number of aldehydes is 1. The standard InChI is InChI=1S/C10H14O3/c1-8(2)6-12-7-10-4-3-9(5-11)13-10/h3-5,8H,6-7H2,1-2H3. The third-order valence-electron chi connectivity index (χ3n) is 1.49. The third kappa shape index (κ3) is 3.42. The Morgan fingerprint density at radius 2 is 2.31 bits per heavy atom. The Morgan fingerprint density at radius 3 is 2.85 bits per heavy atom. The number of carbonyl (C=O) groups is 1. The van der Waals surface area contributed by atoms with Crippen LogP contribution in [0.1, 0.15) is 30.2 Å². The Kier molecular flexibility index (Phi) is 3.71. The highest BCUT2D eigenvalue weighted by atomic mass is 16.5. The highest BCUT2D eigenvalue weighted by molar-refractivity contribution is 5.70. The molecule has 0 aliphatic rings. The summed E-state index contributed by atoms with van der Waals surface area (Å²) in [4.78, 5) is 10.3. The van der Waals surface area contributed by atoms with E-state index in [1.807, 2.05) is 0 Å². The molecule has 0 N–H and O–H groups in total. The van der Waals surface area contributed by atoms with Gasteiger partial charge in [-0.15, -0.1) is 0 Å². The summed E-state index contributed by atoms with van der Waals surface area (Å²) in [5.41, 5.74) is 0. The van der Waals surface area contributed by atoms with E-state index in [9.17, 15) is 4.79 Å². The maximum atomic E-state index is 10.3. The van der Waals surface area contributed by atoms with Gasteiger partial charge in [-0.2, -0.15) is 0 Å². The van der Waals surface area contributed by atoms with Gasteiger partial charge in [0.15, 0.2) is 12.0 Å². The Bertz CT molecular complexity index is 263. The van der Waals surface area contributed by atoms with E-state index in [0.717, 1.165) is 0 Å². The van der Waals surface area contributed by atoms with E-state index in [4.69, 9.17) is 9.15 Å². The molecule has 0 amide bonds. The Balaban J connectivity index is 2.32. The lowest BCUT2D eigenvalue weighted by molar-refractivity contribution is 0.0832. The lowest BCUT2D eigenvalue weighted by Gasteiger charge is -2.03. The van der Waals surface area contributed by atoms with Crippen LogP contribution in [0.4, 0.5) is 0 Å². The predicted molar refractivity (Wildman–Crippen MR) is 48.6 cm³/mol. The van der Waals surface area contributed by atoms with E-state index in [0.29, 0.717) is 36.9 Å². The van der Waals surface area contributed by atoms with Crippen LogP contribution >= 0.6 is 0 Å². The Morgan fingerprint density at radius 1 is 1.54 bits per heavy atom. The van der Waals surface area contributed by atoms with Crippen LogP contribution in [0.15, 0.2) is 16.5 Å². The van der Waals surface area contributed by atoms with E-state index in [-0.39, 0.29) is 0 Å². The van der Waals surface area contributed by atoms with Crippen LogP contribution in [0.2, 0.25) is 0 Å². The van der Waals surface area contributed by atoms with Crippen molar-refractivity contribution in [2.24, 2.45) is 5.92 Å². The molecule has 0 spiro atoms. The van der Waals surface area contributed by atoms with E-state index >= 15 is 0 Å². The summed E-state index contributed by atoms with van der Waals surface area (Å²) in [5, 5.41) is 0. The van der Waals surface area contributed by atoms with Gasteiger partial charge < -0.3 is 9.15 Å². The van der Waals surface area contributed by atoms with Crippen molar-refractivity contribution in [3.05, 3.63) is 23.7 Å². The summed E-state index contributed by atoms with van der Waals surface area (Å²) in [6.07, 6.45) is 0.686. The average Bonchev–Trinajstić information content (AvgIpc) is 2.52. The van der Waals surface area contributed by atoms with Gasteiger partial charge in [0.25, 0.3) is 0 Å². The molecule has 3 heteroatoms. The van der Waals surface area contributed by atoms with Crippen LogP contribution in [-0.4, -0.2) is 12.9 Å². The zero-order chi connectivity index (χ0) is 9.68. The molecule has 0 fully saturated rings. The minimum atomic E-state index is 0.350. The lowest BCUT2D eigenvalue weighted by atomic mass is 10.2. The number of furan rings is 1. The van der Waals surface area contributed by atoms with Crippen LogP contribution < -0.4 is 0 Å². The number of ether oxygens (including phenoxy) is 1. The molecule has 0 aliphatic carbocycles. The second-order valence-corrected chi connectivity index (χ2v) is 3.33. The molecule has 0 atom stereocenters. The Hall–Kier alpha value is -1.09. The molecule has 1 heterocycles. The van der Waals surface area contributed by atoms with Gasteiger partial charge in [0, 0.05) is 6.61 Å². The minimum Gasteiger partial charge on any atom is -0.456 e. The molecule has 1 aromatic rings. The molecule has 72 valence electrons. The van der Waals surface area contributed by atoms with Crippen molar-refractivity contribution in [2.75, 3.05) is 6.61 Å². The van der Waals surface area contributed by atoms with Gasteiger partial charge in [-0.1, -0.05) is 13.8 Å². The fraction of sp³-hybridized carbons (Fsp3) is 0.500. The van der Waals surface area contributed by atoms with Crippen molar-refractivity contribution in [3.63, 3.8) is 0 Å². The fourth-order valence-corrected chi connectivity index (χ4v) is 0.931. The lowest BCUT2D eigenvalue weighted by Crippen LogP contribution is -2.01. The molecule has 0 unspecified atom stereocenters. The molecule has 0 bridgehead atoms. The average molecular weight is 182 g/mol. The van der Waals surface area contributed by atoms with E-state index < -0.39 is 0 Å². The molecule has 1 rings (SSSR count). The maximum absolute atomic E-state index is 10.3. The van der Waals surface area contributed by atoms with Gasteiger partial charge in [0.1, 0.15) is 12.4 Å². The first-order valence-electron chi connectivity index (χ1n) is 4.34. The Labute approximate surface area is 77.7 Å². The second-order valence-electron chi connectivity index (χ2n) is 3.33. The number of hydrogen-bond donors (Lipinski definition) is 0. The molecule has 0 radical (unpaired) electrons. The molecular formula is C10H14O3.